The Morgan fingerprint density at radius 3 is 2.27 bits per heavy atom. The van der Waals surface area contributed by atoms with Gasteiger partial charge in [-0.25, -0.2) is 4.79 Å². The monoisotopic (exact) mass is 435 g/mol. The number of hydrogen-bond donors (Lipinski definition) is 2. The van der Waals surface area contributed by atoms with Gasteiger partial charge >= 0.3 is 11.9 Å². The van der Waals surface area contributed by atoms with Gasteiger partial charge < -0.3 is 15.2 Å². The number of esters is 1. The van der Waals surface area contributed by atoms with E-state index in [-0.39, 0.29) is 17.2 Å². The van der Waals surface area contributed by atoms with E-state index in [4.69, 9.17) is 9.84 Å². The van der Waals surface area contributed by atoms with Crippen molar-refractivity contribution in [2.24, 2.45) is 5.92 Å². The quantitative estimate of drug-likeness (QED) is 0.546. The van der Waals surface area contributed by atoms with Gasteiger partial charge in [0, 0.05) is 11.4 Å². The van der Waals surface area contributed by atoms with E-state index in [9.17, 15) is 14.4 Å². The molecule has 0 fully saturated rings. The summed E-state index contributed by atoms with van der Waals surface area (Å²) in [5, 5.41) is 11.6. The zero-order valence-electron chi connectivity index (χ0n) is 12.1. The lowest BCUT2D eigenvalue weighted by Crippen LogP contribution is -2.44. The van der Waals surface area contributed by atoms with Crippen molar-refractivity contribution in [3.05, 3.63) is 26.6 Å². The topological polar surface area (TPSA) is 92.7 Å². The molecule has 0 saturated heterocycles. The summed E-state index contributed by atoms with van der Waals surface area (Å²) < 4.78 is 6.02. The molecule has 0 aliphatic rings. The molecule has 1 aromatic carbocycles. The van der Waals surface area contributed by atoms with Gasteiger partial charge in [0.15, 0.2) is 5.75 Å². The van der Waals surface area contributed by atoms with E-state index in [0.717, 1.165) is 0 Å². The van der Waals surface area contributed by atoms with E-state index in [1.807, 2.05) is 0 Å². The molecule has 120 valence electrons. The van der Waals surface area contributed by atoms with Crippen LogP contribution in [0.25, 0.3) is 0 Å². The average molecular weight is 437 g/mol. The number of carboxylic acids is 1. The molecule has 0 aliphatic carbocycles. The van der Waals surface area contributed by atoms with Gasteiger partial charge in [-0.2, -0.15) is 0 Å². The minimum absolute atomic E-state index is 0.0427. The fourth-order valence-electron chi connectivity index (χ4n) is 1.71. The minimum atomic E-state index is -1.13. The molecule has 1 atom stereocenters. The molecule has 1 rings (SSSR count). The van der Waals surface area contributed by atoms with Gasteiger partial charge in [0.1, 0.15) is 6.04 Å². The zero-order valence-corrected chi connectivity index (χ0v) is 15.3. The van der Waals surface area contributed by atoms with E-state index in [0.29, 0.717) is 8.95 Å². The molecule has 0 heterocycles. The Morgan fingerprint density at radius 1 is 1.23 bits per heavy atom. The second-order valence-corrected chi connectivity index (χ2v) is 6.66. The summed E-state index contributed by atoms with van der Waals surface area (Å²) >= 11 is 6.45. The van der Waals surface area contributed by atoms with Crippen molar-refractivity contribution >= 4 is 49.7 Å². The third kappa shape index (κ3) is 4.81. The van der Waals surface area contributed by atoms with Crippen LogP contribution in [0, 0.1) is 5.92 Å². The van der Waals surface area contributed by atoms with Crippen LogP contribution in [0.4, 0.5) is 0 Å². The second-order valence-electron chi connectivity index (χ2n) is 4.89. The van der Waals surface area contributed by atoms with E-state index in [1.54, 1.807) is 19.9 Å². The molecule has 0 radical (unpaired) electrons. The van der Waals surface area contributed by atoms with Crippen LogP contribution >= 0.6 is 31.9 Å². The molecule has 0 aliphatic heterocycles. The number of ether oxygens (including phenoxy) is 1. The maximum atomic E-state index is 12.4. The Hall–Kier alpha value is -1.41. The van der Waals surface area contributed by atoms with Gasteiger partial charge in [-0.1, -0.05) is 29.8 Å². The largest absolute Gasteiger partial charge is 0.480 e. The Bertz CT molecular complexity index is 615. The standard InChI is InChI=1S/C14H15Br2NO5/c1-6(2)11(14(20)21)17-13(19)9-4-8(15)5-10(16)12(9)22-7(3)18/h4-6,11H,1-3H3,(H,17,19)(H,20,21). The fraction of sp³-hybridized carbons (Fsp3) is 0.357. The number of aliphatic carboxylic acids is 1. The number of carbonyl (C=O) groups excluding carboxylic acids is 2. The van der Waals surface area contributed by atoms with Crippen LogP contribution in [0.15, 0.2) is 21.1 Å². The number of hydrogen-bond acceptors (Lipinski definition) is 4. The van der Waals surface area contributed by atoms with Crippen LogP contribution in [0.3, 0.4) is 0 Å². The van der Waals surface area contributed by atoms with Crippen LogP contribution in [0.2, 0.25) is 0 Å². The Labute approximate surface area is 144 Å². The molecule has 0 aromatic heterocycles. The van der Waals surface area contributed by atoms with Gasteiger partial charge in [-0.15, -0.1) is 0 Å². The van der Waals surface area contributed by atoms with Crippen LogP contribution in [-0.2, 0) is 9.59 Å². The lowest BCUT2D eigenvalue weighted by Gasteiger charge is -2.19. The van der Waals surface area contributed by atoms with E-state index >= 15 is 0 Å². The van der Waals surface area contributed by atoms with Crippen molar-refractivity contribution in [3.63, 3.8) is 0 Å². The summed E-state index contributed by atoms with van der Waals surface area (Å²) in [6.45, 7) is 4.58. The lowest BCUT2D eigenvalue weighted by molar-refractivity contribution is -0.140. The summed E-state index contributed by atoms with van der Waals surface area (Å²) in [7, 11) is 0. The van der Waals surface area contributed by atoms with Crippen LogP contribution in [0.1, 0.15) is 31.1 Å². The first-order chi connectivity index (χ1) is 10.1. The predicted octanol–water partition coefficient (Wildman–Crippen LogP) is 2.98. The van der Waals surface area contributed by atoms with Gasteiger partial charge in [0.2, 0.25) is 0 Å². The highest BCUT2D eigenvalue weighted by Gasteiger charge is 2.26. The number of carbonyl (C=O) groups is 3. The van der Waals surface area contributed by atoms with Crippen molar-refractivity contribution < 1.29 is 24.2 Å². The lowest BCUT2D eigenvalue weighted by atomic mass is 10.0. The molecule has 8 heteroatoms. The van der Waals surface area contributed by atoms with Gasteiger partial charge in [-0.05, 0) is 34.0 Å². The molecular weight excluding hydrogens is 422 g/mol. The normalized spacial score (nSPS) is 11.9. The maximum absolute atomic E-state index is 12.4. The van der Waals surface area contributed by atoms with E-state index in [1.165, 1.54) is 13.0 Å². The SMILES string of the molecule is CC(=O)Oc1c(Br)cc(Br)cc1C(=O)NC(C(=O)O)C(C)C. The summed E-state index contributed by atoms with van der Waals surface area (Å²) in [5.41, 5.74) is 0.0587. The molecule has 1 aromatic rings. The highest BCUT2D eigenvalue weighted by atomic mass is 79.9. The maximum Gasteiger partial charge on any atom is 0.326 e. The highest BCUT2D eigenvalue weighted by Crippen LogP contribution is 2.33. The number of nitrogens with one attached hydrogen (secondary N) is 1. The summed E-state index contributed by atoms with van der Waals surface area (Å²) in [6.07, 6.45) is 0. The summed E-state index contributed by atoms with van der Waals surface area (Å²) in [5.74, 6) is -2.61. The average Bonchev–Trinajstić information content (AvgIpc) is 2.37. The highest BCUT2D eigenvalue weighted by molar-refractivity contribution is 9.11. The number of halogens is 2. The van der Waals surface area contributed by atoms with Crippen molar-refractivity contribution in [1.29, 1.82) is 0 Å². The first-order valence-electron chi connectivity index (χ1n) is 6.34. The molecular formula is C14H15Br2NO5. The first-order valence-corrected chi connectivity index (χ1v) is 7.93. The van der Waals surface area contributed by atoms with E-state index < -0.39 is 23.9 Å². The number of amides is 1. The molecule has 0 saturated carbocycles. The third-order valence-corrected chi connectivity index (χ3v) is 3.76. The molecule has 6 nitrogen and oxygen atoms in total. The predicted molar refractivity (Wildman–Crippen MR) is 86.9 cm³/mol. The molecule has 1 amide bonds. The van der Waals surface area contributed by atoms with Crippen LogP contribution < -0.4 is 10.1 Å². The Balaban J connectivity index is 3.21. The van der Waals surface area contributed by atoms with Crippen molar-refractivity contribution in [1.82, 2.24) is 5.32 Å². The molecule has 22 heavy (non-hydrogen) atoms. The van der Waals surface area contributed by atoms with Crippen molar-refractivity contribution in [3.8, 4) is 5.75 Å². The van der Waals surface area contributed by atoms with E-state index in [2.05, 4.69) is 37.2 Å². The van der Waals surface area contributed by atoms with Crippen molar-refractivity contribution in [2.75, 3.05) is 0 Å². The summed E-state index contributed by atoms with van der Waals surface area (Å²) in [6, 6.07) is 2.03. The first kappa shape index (κ1) is 18.6. The Morgan fingerprint density at radius 2 is 1.82 bits per heavy atom. The molecule has 0 bridgehead atoms. The molecule has 0 spiro atoms. The van der Waals surface area contributed by atoms with Gasteiger partial charge in [0.25, 0.3) is 5.91 Å². The number of rotatable bonds is 5. The fourth-order valence-corrected chi connectivity index (χ4v) is 3.02. The second kappa shape index (κ2) is 7.73. The van der Waals surface area contributed by atoms with Gasteiger partial charge in [-0.3, -0.25) is 9.59 Å². The number of carboxylic acid groups (broad SMARTS) is 1. The third-order valence-electron chi connectivity index (χ3n) is 2.72. The molecule has 1 unspecified atom stereocenters. The van der Waals surface area contributed by atoms with Crippen LogP contribution in [0.5, 0.6) is 5.75 Å². The zero-order chi connectivity index (χ0) is 17.0. The minimum Gasteiger partial charge on any atom is -0.480 e. The molecule has 2 N–H and O–H groups in total. The van der Waals surface area contributed by atoms with Gasteiger partial charge in [0.05, 0.1) is 10.0 Å². The Kier molecular flexibility index (Phi) is 6.55. The van der Waals surface area contributed by atoms with Crippen LogP contribution in [-0.4, -0.2) is 29.0 Å². The van der Waals surface area contributed by atoms with Crippen molar-refractivity contribution in [2.45, 2.75) is 26.8 Å². The summed E-state index contributed by atoms with van der Waals surface area (Å²) in [4.78, 5) is 34.7. The smallest absolute Gasteiger partial charge is 0.326 e. The number of benzene rings is 1.